The van der Waals surface area contributed by atoms with Crippen molar-refractivity contribution in [3.8, 4) is 18.2 Å². The van der Waals surface area contributed by atoms with Gasteiger partial charge in [0.2, 0.25) is 0 Å². The molecular weight excluding hydrogens is 1200 g/mol. The van der Waals surface area contributed by atoms with Crippen molar-refractivity contribution in [3.63, 3.8) is 0 Å². The Bertz CT molecular complexity index is 3490. The number of nitrogens with one attached hydrogen (secondary N) is 3. The van der Waals surface area contributed by atoms with E-state index in [0.717, 1.165) is 86.9 Å². The summed E-state index contributed by atoms with van der Waals surface area (Å²) in [5.41, 5.74) is 15.0. The number of nitriles is 3. The van der Waals surface area contributed by atoms with E-state index in [1.165, 1.54) is 29.2 Å². The van der Waals surface area contributed by atoms with Crippen LogP contribution in [0.1, 0.15) is 210 Å². The van der Waals surface area contributed by atoms with Crippen molar-refractivity contribution in [1.82, 2.24) is 30.9 Å². The molecule has 0 radical (unpaired) electrons. The molecule has 7 N–H and O–H groups in total. The van der Waals surface area contributed by atoms with Crippen molar-refractivity contribution in [1.29, 1.82) is 15.8 Å². The van der Waals surface area contributed by atoms with Crippen LogP contribution in [-0.4, -0.2) is 76.5 Å². The molecule has 0 aliphatic carbocycles. The minimum Gasteiger partial charge on any atom is -0.480 e. The zero-order valence-electron chi connectivity index (χ0n) is 59.8. The van der Waals surface area contributed by atoms with Crippen molar-refractivity contribution in [2.24, 2.45) is 16.2 Å². The molecule has 0 aliphatic rings. The summed E-state index contributed by atoms with van der Waals surface area (Å²) >= 11 is 0. The number of hydrogen-bond donors (Lipinski definition) is 7. The summed E-state index contributed by atoms with van der Waals surface area (Å²) in [6.45, 7) is 35.1. The molecule has 3 aromatic carbocycles. The van der Waals surface area contributed by atoms with Gasteiger partial charge in [-0.05, 0) is 211 Å². The van der Waals surface area contributed by atoms with Crippen molar-refractivity contribution in [3.05, 3.63) is 210 Å². The van der Waals surface area contributed by atoms with Crippen LogP contribution in [0.2, 0.25) is 0 Å². The first kappa shape index (κ1) is 79.5. The number of pyridine rings is 3. The van der Waals surface area contributed by atoms with Gasteiger partial charge in [0.1, 0.15) is 34.8 Å². The Morgan fingerprint density at radius 1 is 0.406 bits per heavy atom. The van der Waals surface area contributed by atoms with Gasteiger partial charge < -0.3 is 20.4 Å². The average Bonchev–Trinajstić information content (AvgIpc) is 0.918. The molecule has 510 valence electrons. The summed E-state index contributed by atoms with van der Waals surface area (Å²) in [7, 11) is 0. The van der Waals surface area contributed by atoms with Crippen molar-refractivity contribution >= 4 is 36.1 Å². The third-order valence-electron chi connectivity index (χ3n) is 17.0. The number of nitrogens with zero attached hydrogens (tertiary/aromatic N) is 6. The quantitative estimate of drug-likeness (QED) is 0.0252. The molecule has 3 atom stereocenters. The number of aliphatic carboxylic acids is 3. The van der Waals surface area contributed by atoms with Gasteiger partial charge in [-0.15, -0.1) is 0 Å². The molecule has 0 spiro atoms. The second-order valence-electron chi connectivity index (χ2n) is 28.9. The molecule has 0 amide bonds. The number of aliphatic hydroxyl groups is 1. The van der Waals surface area contributed by atoms with E-state index < -0.39 is 41.1 Å². The Balaban J connectivity index is 0.000000306. The summed E-state index contributed by atoms with van der Waals surface area (Å²) in [5.74, 6) is -2.79. The molecule has 1 unspecified atom stereocenters. The second kappa shape index (κ2) is 35.7. The molecule has 16 heteroatoms. The number of carbonyl (C=O) groups is 3. The summed E-state index contributed by atoms with van der Waals surface area (Å²) in [6.07, 6.45) is 28.6. The van der Waals surface area contributed by atoms with Crippen LogP contribution in [-0.2, 0) is 72.5 Å². The number of benzene rings is 3. The van der Waals surface area contributed by atoms with E-state index in [4.69, 9.17) is 15.8 Å². The van der Waals surface area contributed by atoms with E-state index in [1.54, 1.807) is 51.0 Å². The van der Waals surface area contributed by atoms with Crippen LogP contribution in [0.15, 0.2) is 110 Å². The largest absolute Gasteiger partial charge is 0.480 e. The van der Waals surface area contributed by atoms with E-state index in [1.807, 2.05) is 39.0 Å². The summed E-state index contributed by atoms with van der Waals surface area (Å²) in [6, 6.07) is 24.9. The van der Waals surface area contributed by atoms with Crippen LogP contribution >= 0.6 is 0 Å². The number of aliphatic hydroxyl groups excluding tert-OH is 1. The average molecular weight is 1300 g/mol. The predicted octanol–water partition coefficient (Wildman–Crippen LogP) is 14.9. The zero-order valence-corrected chi connectivity index (χ0v) is 59.8. The molecule has 96 heavy (non-hydrogen) atoms. The Morgan fingerprint density at radius 2 is 0.667 bits per heavy atom. The lowest BCUT2D eigenvalue weighted by Crippen LogP contribution is -2.52. The van der Waals surface area contributed by atoms with Gasteiger partial charge in [0.25, 0.3) is 0 Å². The standard InChI is InChI=1S/2C27H35N3O2.C26H33N3O3/c2*1-7-27(6,25(31)32)30-18-24-12-19(2)22(10-11-26(3,4)5)14-23(24)9-8-20-13-21(15-28)17-29-16-20;1-18-10-23(16-29-26(5,17-30)24(31)32)22(12-21(18)8-9-25(2,3)4)7-6-19-11-20(13-27)15-28-14-19/h2*10-14,16-17,30H,7-9,18H2,1-6H3,(H,31,32);8-12,14-15,29-30H,6-7,16-17H2,1-5H3,(H,31,32)/b2*11-10+;9-8+/t27-;;26-/m0.1/s1. The lowest BCUT2D eigenvalue weighted by atomic mass is 9.91. The van der Waals surface area contributed by atoms with Gasteiger partial charge in [0, 0.05) is 56.8 Å². The van der Waals surface area contributed by atoms with E-state index in [0.29, 0.717) is 62.0 Å². The van der Waals surface area contributed by atoms with Gasteiger partial charge in [-0.25, -0.2) is 0 Å². The van der Waals surface area contributed by atoms with Crippen LogP contribution in [0.3, 0.4) is 0 Å². The van der Waals surface area contributed by atoms with E-state index in [9.17, 15) is 34.8 Å². The van der Waals surface area contributed by atoms with Crippen LogP contribution in [0.5, 0.6) is 0 Å². The fourth-order valence-electron chi connectivity index (χ4n) is 9.91. The van der Waals surface area contributed by atoms with E-state index in [-0.39, 0.29) is 16.2 Å². The number of carboxylic acid groups (broad SMARTS) is 3. The molecule has 6 aromatic rings. The molecule has 16 nitrogen and oxygen atoms in total. The molecule has 3 heterocycles. The minimum atomic E-state index is -1.42. The normalized spacial score (nSPS) is 13.7. The van der Waals surface area contributed by atoms with Gasteiger partial charge in [-0.3, -0.25) is 45.3 Å². The lowest BCUT2D eigenvalue weighted by molar-refractivity contribution is -0.146. The predicted molar refractivity (Wildman–Crippen MR) is 384 cm³/mol. The minimum absolute atomic E-state index is 0.0562. The monoisotopic (exact) mass is 1300 g/mol. The van der Waals surface area contributed by atoms with Gasteiger partial charge in [0.15, 0.2) is 0 Å². The maximum absolute atomic E-state index is 11.7. The number of aromatic nitrogens is 3. The fourth-order valence-corrected chi connectivity index (χ4v) is 9.91. The van der Waals surface area contributed by atoms with Gasteiger partial charge in [-0.1, -0.05) is 149 Å². The van der Waals surface area contributed by atoms with Crippen molar-refractivity contribution < 1.29 is 34.8 Å². The smallest absolute Gasteiger partial charge is 0.326 e. The molecule has 0 bridgehead atoms. The SMILES string of the molecule is CCC(C)(NCc1cc(C)c(/C=C/C(C)(C)C)cc1CCc1cncc(C#N)c1)C(=O)O.CC[C@](C)(NCc1cc(C)c(/C=C/C(C)(C)C)cc1CCc1cncc(C#N)c1)C(=O)O.Cc1cc(CN[C@](C)(CO)C(=O)O)c(CCc2cncc(C#N)c2)cc1/C=C/C(C)(C)C. The van der Waals surface area contributed by atoms with Crippen LogP contribution in [0, 0.1) is 71.0 Å². The molecule has 0 aliphatic heterocycles. The summed E-state index contributed by atoms with van der Waals surface area (Å²) in [4.78, 5) is 47.5. The maximum atomic E-state index is 11.7. The Morgan fingerprint density at radius 3 is 0.885 bits per heavy atom. The third-order valence-corrected chi connectivity index (χ3v) is 17.0. The molecule has 0 fully saturated rings. The molecule has 3 aromatic heterocycles. The highest BCUT2D eigenvalue weighted by atomic mass is 16.4. The van der Waals surface area contributed by atoms with Gasteiger partial charge in [-0.2, -0.15) is 15.8 Å². The number of rotatable bonds is 27. The van der Waals surface area contributed by atoms with Crippen LogP contribution < -0.4 is 16.0 Å². The van der Waals surface area contributed by atoms with E-state index in [2.05, 4.69) is 198 Å². The van der Waals surface area contributed by atoms with Crippen molar-refractivity contribution in [2.75, 3.05) is 6.61 Å². The zero-order chi connectivity index (χ0) is 71.8. The highest BCUT2D eigenvalue weighted by molar-refractivity contribution is 5.79. The summed E-state index contributed by atoms with van der Waals surface area (Å²) < 4.78 is 0. The molecular formula is C80H103N9O7. The Labute approximate surface area is 571 Å². The maximum Gasteiger partial charge on any atom is 0.326 e. The van der Waals surface area contributed by atoms with E-state index >= 15 is 0 Å². The van der Waals surface area contributed by atoms with Crippen molar-refractivity contribution in [2.45, 2.75) is 205 Å². The third kappa shape index (κ3) is 25.6. The fraction of sp³-hybridized carbons (Fsp3) is 0.438. The van der Waals surface area contributed by atoms with Crippen LogP contribution in [0.4, 0.5) is 0 Å². The molecule has 0 saturated carbocycles. The van der Waals surface area contributed by atoms with Crippen LogP contribution in [0.25, 0.3) is 18.2 Å². The number of hydrogen-bond acceptors (Lipinski definition) is 13. The lowest BCUT2D eigenvalue weighted by Gasteiger charge is -2.26. The Kier molecular flexibility index (Phi) is 29.6. The highest BCUT2D eigenvalue weighted by Gasteiger charge is 2.33. The topological polar surface area (TPSA) is 278 Å². The highest BCUT2D eigenvalue weighted by Crippen LogP contribution is 2.28. The molecule has 0 saturated heterocycles. The first-order valence-electron chi connectivity index (χ1n) is 32.9. The molecule has 6 rings (SSSR count). The van der Waals surface area contributed by atoms with Gasteiger partial charge in [0.05, 0.1) is 23.3 Å². The number of aryl methyl sites for hydroxylation is 9. The second-order valence-corrected chi connectivity index (χ2v) is 28.9. The summed E-state index contributed by atoms with van der Waals surface area (Å²) in [5, 5.41) is 75.2. The number of carboxylic acids is 3. The number of allylic oxidation sites excluding steroid dienone is 3. The Hall–Kier alpha value is -8.95. The van der Waals surface area contributed by atoms with Gasteiger partial charge >= 0.3 is 17.9 Å². The first-order valence-corrected chi connectivity index (χ1v) is 32.9. The first-order chi connectivity index (χ1) is 44.9.